The van der Waals surface area contributed by atoms with Crippen LogP contribution in [-0.2, 0) is 4.74 Å². The lowest BCUT2D eigenvalue weighted by atomic mass is 9.68. The van der Waals surface area contributed by atoms with Crippen LogP contribution in [0.4, 0.5) is 0 Å². The Hall–Kier alpha value is 0.500. The second-order valence-corrected chi connectivity index (χ2v) is 7.64. The molecule has 2 fully saturated rings. The third-order valence-electron chi connectivity index (χ3n) is 5.25. The summed E-state index contributed by atoms with van der Waals surface area (Å²) >= 11 is 12.3. The summed E-state index contributed by atoms with van der Waals surface area (Å²) in [6.45, 7) is 2.17. The molecule has 1 N–H and O–H groups in total. The van der Waals surface area contributed by atoms with Gasteiger partial charge < -0.3 is 9.84 Å². The van der Waals surface area contributed by atoms with Gasteiger partial charge in [-0.05, 0) is 37.5 Å². The maximum absolute atomic E-state index is 10.1. The second-order valence-electron chi connectivity index (χ2n) is 6.19. The molecule has 2 nitrogen and oxygen atoms in total. The number of ether oxygens (including phenoxy) is 1. The van der Waals surface area contributed by atoms with Gasteiger partial charge in [-0.1, -0.05) is 49.4 Å². The van der Waals surface area contributed by atoms with Crippen LogP contribution in [0.25, 0.3) is 0 Å². The van der Waals surface area contributed by atoms with Gasteiger partial charge in [0.15, 0.2) is 0 Å². The second kappa shape index (κ2) is 6.51. The van der Waals surface area contributed by atoms with Crippen LogP contribution >= 0.6 is 23.2 Å². The minimum absolute atomic E-state index is 0.318. The minimum Gasteiger partial charge on any atom is -0.390 e. The van der Waals surface area contributed by atoms with Crippen molar-refractivity contribution in [3.05, 3.63) is 0 Å². The van der Waals surface area contributed by atoms with E-state index in [2.05, 4.69) is 6.92 Å². The molecule has 0 bridgehead atoms. The van der Waals surface area contributed by atoms with E-state index in [1.165, 1.54) is 25.7 Å². The Kier molecular flexibility index (Phi) is 5.44. The van der Waals surface area contributed by atoms with Gasteiger partial charge in [-0.2, -0.15) is 0 Å². The molecular formula is C15H26Cl2O2. The van der Waals surface area contributed by atoms with Gasteiger partial charge in [0, 0.05) is 13.0 Å². The Morgan fingerprint density at radius 2 is 2.05 bits per heavy atom. The number of aliphatic hydroxyl groups is 1. The number of halogens is 2. The molecular weight excluding hydrogens is 283 g/mol. The summed E-state index contributed by atoms with van der Waals surface area (Å²) in [7, 11) is 1.79. The Bertz CT molecular complexity index is 292. The predicted octanol–water partition coefficient (Wildman–Crippen LogP) is 4.16. The summed E-state index contributed by atoms with van der Waals surface area (Å²) in [6, 6.07) is 0. The van der Waals surface area contributed by atoms with Crippen LogP contribution in [-0.4, -0.2) is 28.8 Å². The number of methoxy groups -OCH3 is 1. The van der Waals surface area contributed by atoms with E-state index in [1.807, 2.05) is 0 Å². The lowest BCUT2D eigenvalue weighted by molar-refractivity contribution is -0.0488. The van der Waals surface area contributed by atoms with E-state index in [-0.39, 0.29) is 0 Å². The van der Waals surface area contributed by atoms with Crippen molar-refractivity contribution in [2.75, 3.05) is 7.11 Å². The molecule has 0 aromatic heterocycles. The normalized spacial score (nSPS) is 37.7. The standard InChI is InChI=1S/C15H26Cl2O2/c1-3-11(19-2)7-5-4-6-10-8-9-12-13(10)14(18)15(12,16)17/h10-14,18H,3-9H2,1-2H3. The van der Waals surface area contributed by atoms with Gasteiger partial charge in [0.25, 0.3) is 0 Å². The van der Waals surface area contributed by atoms with Crippen LogP contribution in [0.1, 0.15) is 51.9 Å². The van der Waals surface area contributed by atoms with Gasteiger partial charge in [-0.3, -0.25) is 0 Å². The third-order valence-corrected chi connectivity index (χ3v) is 6.26. The molecule has 0 heterocycles. The fourth-order valence-electron chi connectivity index (χ4n) is 4.00. The molecule has 0 radical (unpaired) electrons. The Labute approximate surface area is 126 Å². The highest BCUT2D eigenvalue weighted by atomic mass is 35.5. The van der Waals surface area contributed by atoms with E-state index >= 15 is 0 Å². The Balaban J connectivity index is 1.68. The summed E-state index contributed by atoms with van der Waals surface area (Å²) < 4.78 is 4.52. The maximum Gasteiger partial charge on any atom is 0.147 e. The largest absolute Gasteiger partial charge is 0.390 e. The number of hydrogen-bond donors (Lipinski definition) is 1. The molecule has 5 unspecified atom stereocenters. The zero-order chi connectivity index (χ0) is 14.0. The van der Waals surface area contributed by atoms with E-state index in [0.29, 0.717) is 23.9 Å². The van der Waals surface area contributed by atoms with E-state index in [4.69, 9.17) is 27.9 Å². The number of unbranched alkanes of at least 4 members (excludes halogenated alkanes) is 1. The van der Waals surface area contributed by atoms with Crippen LogP contribution in [0.5, 0.6) is 0 Å². The number of fused-ring (bicyclic) bond motifs is 1. The molecule has 4 heteroatoms. The van der Waals surface area contributed by atoms with Crippen molar-refractivity contribution in [1.82, 2.24) is 0 Å². The summed E-state index contributed by atoms with van der Waals surface area (Å²) in [5.41, 5.74) is 0. The summed E-state index contributed by atoms with van der Waals surface area (Å²) in [6.07, 6.45) is 8.00. The van der Waals surface area contributed by atoms with Crippen LogP contribution in [0.2, 0.25) is 0 Å². The zero-order valence-electron chi connectivity index (χ0n) is 11.9. The van der Waals surface area contributed by atoms with Gasteiger partial charge in [0.2, 0.25) is 0 Å². The molecule has 0 aromatic carbocycles. The molecule has 0 saturated heterocycles. The van der Waals surface area contributed by atoms with E-state index in [1.54, 1.807) is 7.11 Å². The molecule has 112 valence electrons. The van der Waals surface area contributed by atoms with Gasteiger partial charge >= 0.3 is 0 Å². The first kappa shape index (κ1) is 15.9. The van der Waals surface area contributed by atoms with Crippen molar-refractivity contribution < 1.29 is 9.84 Å². The van der Waals surface area contributed by atoms with Crippen molar-refractivity contribution in [2.45, 2.75) is 68.4 Å². The van der Waals surface area contributed by atoms with Crippen molar-refractivity contribution in [3.8, 4) is 0 Å². The maximum atomic E-state index is 10.1. The Morgan fingerprint density at radius 1 is 1.32 bits per heavy atom. The Morgan fingerprint density at radius 3 is 2.68 bits per heavy atom. The van der Waals surface area contributed by atoms with Crippen molar-refractivity contribution in [3.63, 3.8) is 0 Å². The average Bonchev–Trinajstić information content (AvgIpc) is 2.80. The number of rotatable bonds is 7. The third kappa shape index (κ3) is 3.07. The molecule has 0 spiro atoms. The van der Waals surface area contributed by atoms with Crippen LogP contribution < -0.4 is 0 Å². The molecule has 0 aliphatic heterocycles. The number of alkyl halides is 2. The predicted molar refractivity (Wildman–Crippen MR) is 79.7 cm³/mol. The van der Waals surface area contributed by atoms with Gasteiger partial charge in [0.05, 0.1) is 12.2 Å². The first-order valence-corrected chi connectivity index (χ1v) is 8.36. The SMILES string of the molecule is CCC(CCCCC1CCC2C1C(O)C2(Cl)Cl)OC. The van der Waals surface area contributed by atoms with E-state index in [0.717, 1.165) is 19.3 Å². The number of hydrogen-bond acceptors (Lipinski definition) is 2. The van der Waals surface area contributed by atoms with Gasteiger partial charge in [0.1, 0.15) is 4.33 Å². The fraction of sp³-hybridized carbons (Fsp3) is 1.00. The molecule has 5 atom stereocenters. The molecule has 2 aliphatic carbocycles. The highest BCUT2D eigenvalue weighted by Crippen LogP contribution is 2.62. The first-order valence-electron chi connectivity index (χ1n) is 7.61. The summed E-state index contributed by atoms with van der Waals surface area (Å²) in [5.74, 6) is 1.28. The lowest BCUT2D eigenvalue weighted by Gasteiger charge is -2.50. The molecule has 2 rings (SSSR count). The average molecular weight is 309 g/mol. The van der Waals surface area contributed by atoms with Crippen LogP contribution in [0, 0.1) is 17.8 Å². The summed E-state index contributed by atoms with van der Waals surface area (Å²) in [5, 5.41) is 10.1. The molecule has 2 saturated carbocycles. The topological polar surface area (TPSA) is 29.5 Å². The minimum atomic E-state index is -0.872. The van der Waals surface area contributed by atoms with Gasteiger partial charge in [-0.15, -0.1) is 0 Å². The molecule has 2 aliphatic rings. The first-order chi connectivity index (χ1) is 9.02. The van der Waals surface area contributed by atoms with Crippen molar-refractivity contribution >= 4 is 23.2 Å². The highest BCUT2D eigenvalue weighted by Gasteiger charge is 2.64. The van der Waals surface area contributed by atoms with E-state index in [9.17, 15) is 5.11 Å². The van der Waals surface area contributed by atoms with E-state index < -0.39 is 10.4 Å². The van der Waals surface area contributed by atoms with Crippen molar-refractivity contribution in [2.24, 2.45) is 17.8 Å². The monoisotopic (exact) mass is 308 g/mol. The zero-order valence-corrected chi connectivity index (χ0v) is 13.5. The quantitative estimate of drug-likeness (QED) is 0.565. The molecule has 0 aromatic rings. The van der Waals surface area contributed by atoms with Gasteiger partial charge in [-0.25, -0.2) is 0 Å². The lowest BCUT2D eigenvalue weighted by Crippen LogP contribution is -2.59. The van der Waals surface area contributed by atoms with Crippen molar-refractivity contribution in [1.29, 1.82) is 0 Å². The number of aliphatic hydroxyl groups excluding tert-OH is 1. The smallest absolute Gasteiger partial charge is 0.147 e. The highest BCUT2D eigenvalue weighted by molar-refractivity contribution is 6.49. The molecule has 19 heavy (non-hydrogen) atoms. The summed E-state index contributed by atoms with van der Waals surface area (Å²) in [4.78, 5) is 0. The fourth-order valence-corrected chi connectivity index (χ4v) is 4.80. The molecule has 0 amide bonds. The van der Waals surface area contributed by atoms with Crippen LogP contribution in [0.15, 0.2) is 0 Å². The van der Waals surface area contributed by atoms with Crippen LogP contribution in [0.3, 0.4) is 0 Å².